The molecule has 2 amide bonds. The minimum absolute atomic E-state index is 0.278. The number of aliphatic hydroxyl groups is 1. The van der Waals surface area contributed by atoms with Crippen LogP contribution in [0, 0.1) is 29.6 Å². The first-order valence-corrected chi connectivity index (χ1v) is 11.2. The first-order valence-electron chi connectivity index (χ1n) is 11.2. The van der Waals surface area contributed by atoms with E-state index in [9.17, 15) is 14.7 Å². The molecule has 4 atom stereocenters. The maximum absolute atomic E-state index is 12.0. The van der Waals surface area contributed by atoms with Gasteiger partial charge in [-0.2, -0.15) is 0 Å². The summed E-state index contributed by atoms with van der Waals surface area (Å²) in [6, 6.07) is 9.68. The predicted octanol–water partition coefficient (Wildman–Crippen LogP) is 1.44. The Bertz CT molecular complexity index is 1270. The van der Waals surface area contributed by atoms with Crippen LogP contribution in [0.15, 0.2) is 47.2 Å². The molecule has 1 saturated carbocycles. The van der Waals surface area contributed by atoms with E-state index < -0.39 is 17.9 Å². The number of aromatic nitrogens is 3. The van der Waals surface area contributed by atoms with E-state index in [2.05, 4.69) is 27.3 Å². The van der Waals surface area contributed by atoms with E-state index in [-0.39, 0.29) is 5.92 Å². The number of likely N-dealkylation sites (tertiary alicyclic amines) is 1. The summed E-state index contributed by atoms with van der Waals surface area (Å²) in [5, 5.41) is 16.3. The summed E-state index contributed by atoms with van der Waals surface area (Å²) in [5.41, 5.74) is 2.55. The third-order valence-electron chi connectivity index (χ3n) is 6.47. The van der Waals surface area contributed by atoms with Crippen LogP contribution in [0.3, 0.4) is 0 Å². The Balaban J connectivity index is 1.18. The van der Waals surface area contributed by atoms with E-state index in [1.54, 1.807) is 24.2 Å². The maximum Gasteiger partial charge on any atom is 0.311 e. The number of amides is 2. The number of nitrogens with one attached hydrogen (secondary N) is 1. The number of piperidine rings is 1. The van der Waals surface area contributed by atoms with Crippen molar-refractivity contribution in [1.29, 1.82) is 0 Å². The first kappa shape index (κ1) is 21.9. The highest BCUT2D eigenvalue weighted by Crippen LogP contribution is 2.51. The molecule has 9 heteroatoms. The average molecular weight is 460 g/mol. The molecule has 1 saturated heterocycles. The van der Waals surface area contributed by atoms with Gasteiger partial charge in [-0.05, 0) is 43.0 Å². The first-order chi connectivity index (χ1) is 16.4. The highest BCUT2D eigenvalue weighted by atomic mass is 16.5. The molecule has 0 bridgehead atoms. The number of hydrogen-bond acceptors (Lipinski definition) is 6. The van der Waals surface area contributed by atoms with Gasteiger partial charge in [-0.3, -0.25) is 9.59 Å². The van der Waals surface area contributed by atoms with Crippen molar-refractivity contribution < 1.29 is 19.2 Å². The third kappa shape index (κ3) is 4.20. The Hall–Kier alpha value is -3.90. The summed E-state index contributed by atoms with van der Waals surface area (Å²) in [5.74, 6) is 7.77. The van der Waals surface area contributed by atoms with Crippen LogP contribution in [0.2, 0.25) is 0 Å². The van der Waals surface area contributed by atoms with Crippen LogP contribution >= 0.6 is 0 Å². The van der Waals surface area contributed by atoms with Crippen molar-refractivity contribution in [2.24, 2.45) is 17.8 Å². The summed E-state index contributed by atoms with van der Waals surface area (Å²) in [7, 11) is 1.47. The Morgan fingerprint density at radius 2 is 2.00 bits per heavy atom. The molecule has 1 unspecified atom stereocenters. The number of nitrogens with zero attached hydrogens (tertiary/aromatic N) is 4. The van der Waals surface area contributed by atoms with Crippen LogP contribution in [0.4, 0.5) is 0 Å². The Labute approximate surface area is 196 Å². The number of hydrogen-bond donors (Lipinski definition) is 2. The SMILES string of the molecule is CNC(=O)C(=O)N1C[C@@H]2C(C#Cc3ccc(-c4cc(Cn5ccnc5[C@H](C)O)no4)cc3)[C@@H]2C1. The van der Waals surface area contributed by atoms with Crippen molar-refractivity contribution in [2.75, 3.05) is 20.1 Å². The smallest absolute Gasteiger partial charge is 0.311 e. The number of likely N-dealkylation sites (N-methyl/N-ethyl adjacent to an activating group) is 1. The van der Waals surface area contributed by atoms with Crippen LogP contribution in [0.5, 0.6) is 0 Å². The number of fused-ring (bicyclic) bond motifs is 1. The predicted molar refractivity (Wildman–Crippen MR) is 122 cm³/mol. The Morgan fingerprint density at radius 1 is 1.26 bits per heavy atom. The summed E-state index contributed by atoms with van der Waals surface area (Å²) < 4.78 is 7.35. The molecule has 3 heterocycles. The number of carbonyl (C=O) groups excluding carboxylic acids is 2. The lowest BCUT2D eigenvalue weighted by Gasteiger charge is -2.17. The minimum Gasteiger partial charge on any atom is -0.385 e. The lowest BCUT2D eigenvalue weighted by Crippen LogP contribution is -2.41. The van der Waals surface area contributed by atoms with Crippen LogP contribution in [-0.4, -0.2) is 56.7 Å². The molecule has 1 aliphatic carbocycles. The fraction of sp³-hybridized carbons (Fsp3) is 0.360. The molecular formula is C25H25N5O4. The van der Waals surface area contributed by atoms with Crippen LogP contribution in [0.25, 0.3) is 11.3 Å². The highest BCUT2D eigenvalue weighted by Gasteiger charge is 2.56. The molecule has 0 radical (unpaired) electrons. The van der Waals surface area contributed by atoms with Gasteiger partial charge in [0.1, 0.15) is 17.6 Å². The zero-order valence-electron chi connectivity index (χ0n) is 18.9. The number of rotatable bonds is 4. The molecule has 2 N–H and O–H groups in total. The monoisotopic (exact) mass is 459 g/mol. The Kier molecular flexibility index (Phi) is 5.67. The van der Waals surface area contributed by atoms with E-state index in [1.807, 2.05) is 34.9 Å². The van der Waals surface area contributed by atoms with E-state index in [0.29, 0.717) is 43.1 Å². The summed E-state index contributed by atoms with van der Waals surface area (Å²) in [6.45, 7) is 3.33. The normalized spacial score (nSPS) is 21.4. The Morgan fingerprint density at radius 3 is 2.68 bits per heavy atom. The van der Waals surface area contributed by atoms with Gasteiger partial charge in [-0.25, -0.2) is 4.98 Å². The van der Waals surface area contributed by atoms with Crippen molar-refractivity contribution >= 4 is 11.8 Å². The van der Waals surface area contributed by atoms with Crippen molar-refractivity contribution in [1.82, 2.24) is 24.9 Å². The van der Waals surface area contributed by atoms with Gasteiger partial charge in [0.05, 0.1) is 6.54 Å². The maximum atomic E-state index is 12.0. The molecule has 174 valence electrons. The average Bonchev–Trinajstić information content (AvgIpc) is 3.34. The van der Waals surface area contributed by atoms with Crippen molar-refractivity contribution in [3.8, 4) is 23.2 Å². The largest absolute Gasteiger partial charge is 0.385 e. The zero-order valence-corrected chi connectivity index (χ0v) is 18.9. The van der Waals surface area contributed by atoms with Crippen molar-refractivity contribution in [3.05, 3.63) is 59.8 Å². The van der Waals surface area contributed by atoms with E-state index >= 15 is 0 Å². The van der Waals surface area contributed by atoms with Crippen LogP contribution in [0.1, 0.15) is 30.1 Å². The van der Waals surface area contributed by atoms with Gasteiger partial charge >= 0.3 is 11.8 Å². The minimum atomic E-state index is -0.658. The number of carbonyl (C=O) groups is 2. The van der Waals surface area contributed by atoms with E-state index in [0.717, 1.165) is 16.8 Å². The van der Waals surface area contributed by atoms with Gasteiger partial charge in [-0.15, -0.1) is 0 Å². The number of imidazole rings is 1. The molecule has 1 aliphatic heterocycles. The second-order valence-corrected chi connectivity index (χ2v) is 8.76. The lowest BCUT2D eigenvalue weighted by atomic mass is 10.1. The molecule has 34 heavy (non-hydrogen) atoms. The van der Waals surface area contributed by atoms with E-state index in [1.165, 1.54) is 7.05 Å². The zero-order chi connectivity index (χ0) is 23.8. The van der Waals surface area contributed by atoms with Gasteiger partial charge in [-0.1, -0.05) is 17.0 Å². The molecule has 9 nitrogen and oxygen atoms in total. The van der Waals surface area contributed by atoms with Crippen molar-refractivity contribution in [2.45, 2.75) is 19.6 Å². The highest BCUT2D eigenvalue weighted by molar-refractivity contribution is 6.35. The van der Waals surface area contributed by atoms with Crippen molar-refractivity contribution in [3.63, 3.8) is 0 Å². The molecule has 2 aliphatic rings. The molecule has 2 fully saturated rings. The number of benzene rings is 1. The lowest BCUT2D eigenvalue weighted by molar-refractivity contribution is -0.145. The van der Waals surface area contributed by atoms with Gasteiger partial charge in [0.2, 0.25) is 0 Å². The molecule has 3 aromatic rings. The standard InChI is InChI=1S/C25H25N5O4/c1-15(31)23-27-9-10-29(23)12-18-11-22(34-28-18)17-6-3-16(4-7-17)5-8-19-20-13-30(14-21(19)20)25(33)24(32)26-2/h3-4,6-7,9-11,15,19-21,31H,12-14H2,1-2H3,(H,26,32)/t15-,19?,20-,21+/m0/s1. The van der Waals surface area contributed by atoms with E-state index in [4.69, 9.17) is 4.52 Å². The molecule has 1 aromatic carbocycles. The molecule has 0 spiro atoms. The second-order valence-electron chi connectivity index (χ2n) is 8.76. The molecule has 5 rings (SSSR count). The summed E-state index contributed by atoms with van der Waals surface area (Å²) >= 11 is 0. The molecular weight excluding hydrogens is 434 g/mol. The van der Waals surface area contributed by atoms with Gasteiger partial charge in [0.15, 0.2) is 5.76 Å². The summed E-state index contributed by atoms with van der Waals surface area (Å²) in [4.78, 5) is 29.2. The molecule has 2 aromatic heterocycles. The quantitative estimate of drug-likeness (QED) is 0.451. The number of aliphatic hydroxyl groups excluding tert-OH is 1. The fourth-order valence-corrected chi connectivity index (χ4v) is 4.56. The topological polar surface area (TPSA) is 113 Å². The van der Waals surface area contributed by atoms with Crippen LogP contribution < -0.4 is 5.32 Å². The van der Waals surface area contributed by atoms with Gasteiger partial charge in [0, 0.05) is 55.6 Å². The van der Waals surface area contributed by atoms with Gasteiger partial charge < -0.3 is 24.4 Å². The fourth-order valence-electron chi connectivity index (χ4n) is 4.56. The third-order valence-corrected chi connectivity index (χ3v) is 6.47. The van der Waals surface area contributed by atoms with Crippen LogP contribution in [-0.2, 0) is 16.1 Å². The summed E-state index contributed by atoms with van der Waals surface area (Å²) in [6.07, 6.45) is 2.79. The van der Waals surface area contributed by atoms with Gasteiger partial charge in [0.25, 0.3) is 0 Å². The second kappa shape index (κ2) is 8.80.